The van der Waals surface area contributed by atoms with Gasteiger partial charge in [-0.2, -0.15) is 13.5 Å². The van der Waals surface area contributed by atoms with Crippen LogP contribution in [0, 0.1) is 6.92 Å². The molecule has 0 bridgehead atoms. The smallest absolute Gasteiger partial charge is 0.181 e. The molecule has 0 spiro atoms. The van der Waals surface area contributed by atoms with Crippen LogP contribution in [0.5, 0.6) is 5.75 Å². The largest absolute Gasteiger partial charge is 0.486 e. The number of hydrogen-bond donors (Lipinski definition) is 2. The van der Waals surface area contributed by atoms with Crippen LogP contribution in [0.1, 0.15) is 65.0 Å². The maximum atomic E-state index is 12.7. The number of ether oxygens (including phenoxy) is 1. The van der Waals surface area contributed by atoms with Gasteiger partial charge >= 0.3 is 0 Å². The van der Waals surface area contributed by atoms with E-state index in [-0.39, 0.29) is 19.3 Å². The number of anilines is 1. The number of aliphatic hydroxyl groups is 1. The van der Waals surface area contributed by atoms with Crippen LogP contribution in [0.3, 0.4) is 0 Å². The first-order chi connectivity index (χ1) is 17.5. The van der Waals surface area contributed by atoms with Crippen LogP contribution in [-0.2, 0) is 19.6 Å². The highest BCUT2D eigenvalue weighted by Crippen LogP contribution is 2.26. The molecule has 2 aromatic carbocycles. The van der Waals surface area contributed by atoms with Gasteiger partial charge in [-0.25, -0.2) is 4.98 Å². The molecule has 1 atom stereocenters. The van der Waals surface area contributed by atoms with E-state index in [9.17, 15) is 9.90 Å². The van der Waals surface area contributed by atoms with Crippen molar-refractivity contribution in [3.63, 3.8) is 0 Å². The summed E-state index contributed by atoms with van der Waals surface area (Å²) in [6.45, 7) is 4.50. The predicted molar refractivity (Wildman–Crippen MR) is 149 cm³/mol. The van der Waals surface area contributed by atoms with Crippen molar-refractivity contribution in [1.29, 1.82) is 0 Å². The average Bonchev–Trinajstić information content (AvgIpc) is 3.28. The Morgan fingerprint density at radius 3 is 2.86 bits per heavy atom. The lowest BCUT2D eigenvalue weighted by molar-refractivity contribution is 0.0836. The van der Waals surface area contributed by atoms with Crippen molar-refractivity contribution in [1.82, 2.24) is 9.88 Å². The molecule has 2 aliphatic rings. The van der Waals surface area contributed by atoms with Gasteiger partial charge in [-0.1, -0.05) is 18.2 Å². The quantitative estimate of drug-likeness (QED) is 0.341. The van der Waals surface area contributed by atoms with Crippen LogP contribution in [0.15, 0.2) is 53.3 Å². The number of carbonyl (C=O) groups excluding carboxylic acids is 1. The molecule has 2 N–H and O–H groups in total. The van der Waals surface area contributed by atoms with Gasteiger partial charge in [0.15, 0.2) is 17.9 Å². The summed E-state index contributed by atoms with van der Waals surface area (Å²) in [4.78, 5) is 19.1. The van der Waals surface area contributed by atoms with Crippen LogP contribution in [0.4, 0.5) is 5.69 Å². The Balaban J connectivity index is 0.00000320. The van der Waals surface area contributed by atoms with Crippen molar-refractivity contribution in [2.75, 3.05) is 18.4 Å². The lowest BCUT2D eigenvalue weighted by Crippen LogP contribution is -2.36. The molecule has 1 aliphatic carbocycles. The molecular formula is C29H37N3O4S. The zero-order chi connectivity index (χ0) is 24.9. The molecule has 7 nitrogen and oxygen atoms in total. The molecule has 5 rings (SSSR count). The first-order valence-electron chi connectivity index (χ1n) is 13.0. The summed E-state index contributed by atoms with van der Waals surface area (Å²) in [5, 5.41) is 14.1. The van der Waals surface area contributed by atoms with Gasteiger partial charge in [0.05, 0.1) is 11.8 Å². The topological polar surface area (TPSA) is 87.8 Å². The first-order valence-corrected chi connectivity index (χ1v) is 13.0. The van der Waals surface area contributed by atoms with E-state index < -0.39 is 6.10 Å². The summed E-state index contributed by atoms with van der Waals surface area (Å²) in [5.41, 5.74) is 5.11. The zero-order valence-electron chi connectivity index (χ0n) is 21.4. The van der Waals surface area contributed by atoms with E-state index in [1.807, 2.05) is 37.3 Å². The van der Waals surface area contributed by atoms with Crippen molar-refractivity contribution in [2.45, 2.75) is 70.7 Å². The Hall–Kier alpha value is -2.81. The molecular weight excluding hydrogens is 486 g/mol. The number of aliphatic hydroxyl groups excluding tert-OH is 1. The third-order valence-electron chi connectivity index (χ3n) is 7.32. The van der Waals surface area contributed by atoms with Crippen LogP contribution in [-0.4, -0.2) is 46.0 Å². The summed E-state index contributed by atoms with van der Waals surface area (Å²) >= 11 is 0. The molecule has 0 amide bonds. The summed E-state index contributed by atoms with van der Waals surface area (Å²) in [7, 11) is 0. The van der Waals surface area contributed by atoms with E-state index in [0.717, 1.165) is 48.0 Å². The van der Waals surface area contributed by atoms with Crippen molar-refractivity contribution in [3.05, 3.63) is 77.0 Å². The Bertz CT molecular complexity index is 1190. The van der Waals surface area contributed by atoms with Gasteiger partial charge in [-0.15, -0.1) is 0 Å². The fraction of sp³-hybridized carbons (Fsp3) is 0.448. The summed E-state index contributed by atoms with van der Waals surface area (Å²) in [6, 6.07) is 14.5. The van der Waals surface area contributed by atoms with Gasteiger partial charge in [-0.05, 0) is 74.4 Å². The number of carbonyl (C=O) groups is 1. The minimum absolute atomic E-state index is 0. The molecule has 1 fully saturated rings. The monoisotopic (exact) mass is 523 g/mol. The number of Topliss-reactive ketones (excluding diaryl/α,β-unsaturated/α-hetero) is 1. The molecule has 37 heavy (non-hydrogen) atoms. The number of aromatic nitrogens is 1. The molecule has 0 saturated heterocycles. The highest BCUT2D eigenvalue weighted by molar-refractivity contribution is 7.59. The third-order valence-corrected chi connectivity index (χ3v) is 7.32. The number of benzene rings is 2. The van der Waals surface area contributed by atoms with Crippen LogP contribution in [0.2, 0.25) is 0 Å². The Morgan fingerprint density at radius 1 is 1.24 bits per heavy atom. The summed E-state index contributed by atoms with van der Waals surface area (Å²) < 4.78 is 11.2. The fourth-order valence-corrected chi connectivity index (χ4v) is 4.85. The number of rotatable bonds is 11. The van der Waals surface area contributed by atoms with E-state index in [4.69, 9.17) is 9.15 Å². The normalized spacial score (nSPS) is 16.3. The number of fused-ring (bicyclic) bond motifs is 1. The highest BCUT2D eigenvalue weighted by Gasteiger charge is 2.21. The van der Waals surface area contributed by atoms with Gasteiger partial charge in [0.1, 0.15) is 12.4 Å². The molecule has 2 heterocycles. The highest BCUT2D eigenvalue weighted by atomic mass is 32.1. The minimum Gasteiger partial charge on any atom is -0.486 e. The van der Waals surface area contributed by atoms with E-state index in [0.29, 0.717) is 32.0 Å². The van der Waals surface area contributed by atoms with Crippen LogP contribution >= 0.6 is 13.5 Å². The number of aryl methyl sites for hydroxylation is 1. The Morgan fingerprint density at radius 2 is 2.11 bits per heavy atom. The van der Waals surface area contributed by atoms with E-state index in [1.165, 1.54) is 36.8 Å². The predicted octanol–water partition coefficient (Wildman–Crippen LogP) is 5.02. The molecule has 0 radical (unpaired) electrons. The number of ketones is 1. The molecule has 8 heteroatoms. The van der Waals surface area contributed by atoms with Gasteiger partial charge in [0.2, 0.25) is 0 Å². The molecule has 1 saturated carbocycles. The van der Waals surface area contributed by atoms with Gasteiger partial charge in [-0.3, -0.25) is 9.69 Å². The Labute approximate surface area is 225 Å². The van der Waals surface area contributed by atoms with Crippen LogP contribution < -0.4 is 10.1 Å². The molecule has 0 unspecified atom stereocenters. The molecule has 1 aliphatic heterocycles. The lowest BCUT2D eigenvalue weighted by atomic mass is 9.93. The molecule has 3 aromatic rings. The van der Waals surface area contributed by atoms with E-state index in [1.54, 1.807) is 0 Å². The number of nitrogens with one attached hydrogen (secondary N) is 1. The number of hydrogen-bond acceptors (Lipinski definition) is 7. The van der Waals surface area contributed by atoms with E-state index >= 15 is 0 Å². The van der Waals surface area contributed by atoms with Gasteiger partial charge in [0.25, 0.3) is 0 Å². The maximum Gasteiger partial charge on any atom is 0.181 e. The Kier molecular flexibility index (Phi) is 9.29. The number of oxazole rings is 1. The zero-order valence-corrected chi connectivity index (χ0v) is 22.4. The van der Waals surface area contributed by atoms with Gasteiger partial charge < -0.3 is 19.6 Å². The summed E-state index contributed by atoms with van der Waals surface area (Å²) in [5.74, 6) is 1.65. The third kappa shape index (κ3) is 7.15. The second kappa shape index (κ2) is 12.6. The average molecular weight is 524 g/mol. The van der Waals surface area contributed by atoms with Crippen molar-refractivity contribution in [2.24, 2.45) is 0 Å². The second-order valence-electron chi connectivity index (χ2n) is 10.0. The summed E-state index contributed by atoms with van der Waals surface area (Å²) in [6.07, 6.45) is 6.30. The van der Waals surface area contributed by atoms with E-state index in [2.05, 4.69) is 27.3 Å². The number of nitrogens with zero attached hydrogens (tertiary/aromatic N) is 2. The van der Waals surface area contributed by atoms with Crippen molar-refractivity contribution < 1.29 is 19.1 Å². The maximum absolute atomic E-state index is 12.7. The SMILES string of the molecule is Cc1ncoc1COc1ccc2c(c1)CCN(C[C@@H](O)CCC(=O)c1cccc(NC3CCC3)c1)C2.S. The van der Waals surface area contributed by atoms with Crippen LogP contribution in [0.25, 0.3) is 0 Å². The standard InChI is InChI=1S/C29H35N3O4.H2S/c1-20-29(36-19-30-20)18-35-27-10-8-23-16-32(13-12-21(23)15-27)17-26(33)9-11-28(34)22-4-2-7-25(14-22)31-24-5-3-6-24;/h2,4,7-8,10,14-15,19,24,26,31,33H,3,5-6,9,11-13,16-18H2,1H3;1H2/t26-;/m0./s1. The molecule has 198 valence electrons. The molecule has 1 aromatic heterocycles. The first kappa shape index (κ1) is 27.2. The van der Waals surface area contributed by atoms with Crippen molar-refractivity contribution in [3.8, 4) is 5.75 Å². The van der Waals surface area contributed by atoms with Crippen molar-refractivity contribution >= 4 is 25.0 Å². The second-order valence-corrected chi connectivity index (χ2v) is 10.0. The minimum atomic E-state index is -0.528. The lowest BCUT2D eigenvalue weighted by Gasteiger charge is -2.30. The number of β-amino-alcohol motifs (C(OH)–C–C–N with tert-alkyl or cyclic N) is 1. The fourth-order valence-electron chi connectivity index (χ4n) is 4.85. The van der Waals surface area contributed by atoms with Gasteiger partial charge in [0, 0.05) is 43.3 Å².